The number of benzene rings is 3. The maximum absolute atomic E-state index is 13.3. The molecule has 4 rings (SSSR count). The molecule has 0 unspecified atom stereocenters. The monoisotopic (exact) mass is 525 g/mol. The summed E-state index contributed by atoms with van der Waals surface area (Å²) >= 11 is 31.2. The summed E-state index contributed by atoms with van der Waals surface area (Å²) in [5, 5.41) is 14.2. The third-order valence-electron chi connectivity index (χ3n) is 4.34. The van der Waals surface area contributed by atoms with Crippen LogP contribution >= 0.6 is 58.0 Å². The average Bonchev–Trinajstić information content (AvgIpc) is 3.11. The van der Waals surface area contributed by atoms with Gasteiger partial charge in [-0.25, -0.2) is 4.68 Å². The van der Waals surface area contributed by atoms with Crippen LogP contribution < -0.4 is 10.9 Å². The largest absolute Gasteiger partial charge is 0.339 e. The van der Waals surface area contributed by atoms with Gasteiger partial charge in [0.15, 0.2) is 11.5 Å². The lowest BCUT2D eigenvalue weighted by molar-refractivity contribution is 0.853. The topological polar surface area (TPSA) is 74.5 Å². The summed E-state index contributed by atoms with van der Waals surface area (Å²) in [5.41, 5.74) is 0.726. The van der Waals surface area contributed by atoms with E-state index in [-0.39, 0.29) is 42.3 Å². The predicted molar refractivity (Wildman–Crippen MR) is 132 cm³/mol. The Hall–Kier alpha value is -2.48. The number of H-pyrrole nitrogens is 1. The molecule has 0 spiro atoms. The summed E-state index contributed by atoms with van der Waals surface area (Å²) in [6.07, 6.45) is 0. The highest BCUT2D eigenvalue weighted by Gasteiger charge is 2.25. The Morgan fingerprint density at radius 3 is 1.84 bits per heavy atom. The van der Waals surface area contributed by atoms with Gasteiger partial charge < -0.3 is 5.32 Å². The van der Waals surface area contributed by atoms with Gasteiger partial charge in [0.25, 0.3) is 0 Å². The van der Waals surface area contributed by atoms with Crippen molar-refractivity contribution in [2.24, 2.45) is 10.2 Å². The second-order valence-electron chi connectivity index (χ2n) is 6.42. The summed E-state index contributed by atoms with van der Waals surface area (Å²) in [5.74, 6) is 0.259. The van der Waals surface area contributed by atoms with E-state index < -0.39 is 5.56 Å². The van der Waals surface area contributed by atoms with E-state index in [1.54, 1.807) is 12.1 Å². The lowest BCUT2D eigenvalue weighted by Crippen LogP contribution is -2.15. The predicted octanol–water partition coefficient (Wildman–Crippen LogP) is 8.59. The van der Waals surface area contributed by atoms with E-state index in [2.05, 4.69) is 20.6 Å². The van der Waals surface area contributed by atoms with Crippen molar-refractivity contribution < 1.29 is 0 Å². The maximum Gasteiger partial charge on any atom is 0.301 e. The molecule has 0 bridgehead atoms. The fourth-order valence-electron chi connectivity index (χ4n) is 2.82. The number of nitrogens with zero attached hydrogens (tertiary/aromatic N) is 3. The van der Waals surface area contributed by atoms with Crippen molar-refractivity contribution in [3.8, 4) is 5.69 Å². The van der Waals surface area contributed by atoms with Crippen LogP contribution in [0.25, 0.3) is 5.69 Å². The molecule has 162 valence electrons. The number of nitrogens with one attached hydrogen (secondary N) is 2. The first-order valence-corrected chi connectivity index (χ1v) is 10.9. The zero-order chi connectivity index (χ0) is 22.8. The number of azo groups is 1. The molecular weight excluding hydrogens is 516 g/mol. The zero-order valence-electron chi connectivity index (χ0n) is 15.9. The molecule has 32 heavy (non-hydrogen) atoms. The molecular formula is C21H12Cl5N5O. The van der Waals surface area contributed by atoms with E-state index in [0.29, 0.717) is 11.4 Å². The number of halogens is 5. The Kier molecular flexibility index (Phi) is 6.79. The Bertz CT molecular complexity index is 1340. The van der Waals surface area contributed by atoms with Crippen LogP contribution in [0.15, 0.2) is 75.7 Å². The van der Waals surface area contributed by atoms with Crippen molar-refractivity contribution in [3.63, 3.8) is 0 Å². The van der Waals surface area contributed by atoms with Gasteiger partial charge in [0.1, 0.15) is 5.69 Å². The minimum Gasteiger partial charge on any atom is -0.339 e. The Morgan fingerprint density at radius 2 is 1.25 bits per heavy atom. The zero-order valence-corrected chi connectivity index (χ0v) is 19.7. The van der Waals surface area contributed by atoms with Gasteiger partial charge in [0, 0.05) is 5.69 Å². The van der Waals surface area contributed by atoms with Crippen molar-refractivity contribution in [1.29, 1.82) is 0 Å². The average molecular weight is 528 g/mol. The van der Waals surface area contributed by atoms with E-state index in [1.165, 1.54) is 0 Å². The number of hydrogen-bond donors (Lipinski definition) is 2. The van der Waals surface area contributed by atoms with Gasteiger partial charge in [-0.15, -0.1) is 5.11 Å². The molecule has 6 nitrogen and oxygen atoms in total. The second-order valence-corrected chi connectivity index (χ2v) is 8.31. The molecule has 0 aliphatic heterocycles. The number of aromatic nitrogens is 2. The Balaban J connectivity index is 1.91. The normalized spacial score (nSPS) is 11.3. The van der Waals surface area contributed by atoms with Gasteiger partial charge >= 0.3 is 5.56 Å². The molecule has 0 amide bonds. The summed E-state index contributed by atoms with van der Waals surface area (Å²) in [6, 6.07) is 18.2. The minimum atomic E-state index is -0.582. The van der Waals surface area contributed by atoms with Crippen molar-refractivity contribution in [2.75, 3.05) is 5.32 Å². The third kappa shape index (κ3) is 4.37. The first-order chi connectivity index (χ1) is 15.4. The highest BCUT2D eigenvalue weighted by Crippen LogP contribution is 2.45. The van der Waals surface area contributed by atoms with Crippen molar-refractivity contribution in [2.45, 2.75) is 0 Å². The summed E-state index contributed by atoms with van der Waals surface area (Å²) in [4.78, 5) is 13.3. The van der Waals surface area contributed by atoms with E-state index in [0.717, 1.165) is 4.68 Å². The molecule has 0 fully saturated rings. The van der Waals surface area contributed by atoms with E-state index in [4.69, 9.17) is 58.0 Å². The SMILES string of the molecule is O=c1c(N=Nc2ccccc2)c(Nc2ccccc2)[nH]n1-c1c(Cl)c(Cl)c(Cl)c(Cl)c1Cl. The van der Waals surface area contributed by atoms with Crippen LogP contribution in [0.4, 0.5) is 22.9 Å². The fraction of sp³-hybridized carbons (Fsp3) is 0. The standard InChI is InChI=1S/C21H12Cl5N5O/c22-13-14(23)16(25)19(17(26)15(13)24)31-21(32)18(29-28-12-9-5-2-6-10-12)20(30-31)27-11-7-3-1-4-8-11/h1-10,27,30H. The molecule has 3 aromatic carbocycles. The van der Waals surface area contributed by atoms with Gasteiger partial charge in [-0.1, -0.05) is 94.4 Å². The van der Waals surface area contributed by atoms with Crippen LogP contribution in [0.3, 0.4) is 0 Å². The lowest BCUT2D eigenvalue weighted by Gasteiger charge is -2.12. The number of rotatable bonds is 5. The molecule has 0 saturated carbocycles. The summed E-state index contributed by atoms with van der Waals surface area (Å²) in [7, 11) is 0. The minimum absolute atomic E-state index is 0.00738. The van der Waals surface area contributed by atoms with E-state index >= 15 is 0 Å². The molecule has 1 heterocycles. The van der Waals surface area contributed by atoms with Crippen LogP contribution in [0, 0.1) is 0 Å². The van der Waals surface area contributed by atoms with Crippen molar-refractivity contribution in [1.82, 2.24) is 9.78 Å². The molecule has 0 aliphatic rings. The first-order valence-electron chi connectivity index (χ1n) is 9.04. The molecule has 2 N–H and O–H groups in total. The number of hydrogen-bond acceptors (Lipinski definition) is 4. The molecule has 11 heteroatoms. The number of anilines is 2. The highest BCUT2D eigenvalue weighted by molar-refractivity contribution is 6.56. The smallest absolute Gasteiger partial charge is 0.301 e. The van der Waals surface area contributed by atoms with Gasteiger partial charge in [-0.05, 0) is 24.3 Å². The number of para-hydroxylation sites is 1. The summed E-state index contributed by atoms with van der Waals surface area (Å²) < 4.78 is 1.09. The van der Waals surface area contributed by atoms with Crippen LogP contribution in [0.5, 0.6) is 0 Å². The van der Waals surface area contributed by atoms with Crippen LogP contribution in [-0.4, -0.2) is 9.78 Å². The molecule has 0 radical (unpaired) electrons. The molecule has 0 atom stereocenters. The maximum atomic E-state index is 13.3. The van der Waals surface area contributed by atoms with Gasteiger partial charge in [-0.2, -0.15) is 5.11 Å². The first kappa shape index (κ1) is 22.7. The van der Waals surface area contributed by atoms with E-state index in [1.807, 2.05) is 48.5 Å². The van der Waals surface area contributed by atoms with Crippen LogP contribution in [0.1, 0.15) is 0 Å². The lowest BCUT2D eigenvalue weighted by atomic mass is 10.3. The molecule has 0 saturated heterocycles. The van der Waals surface area contributed by atoms with E-state index in [9.17, 15) is 4.79 Å². The quantitative estimate of drug-likeness (QED) is 0.155. The molecule has 4 aromatic rings. The van der Waals surface area contributed by atoms with Crippen LogP contribution in [0.2, 0.25) is 25.1 Å². The molecule has 1 aromatic heterocycles. The Morgan fingerprint density at radius 1 is 0.719 bits per heavy atom. The number of aromatic amines is 1. The van der Waals surface area contributed by atoms with Crippen molar-refractivity contribution >= 4 is 80.9 Å². The fourth-order valence-corrected chi connectivity index (χ4v) is 4.12. The van der Waals surface area contributed by atoms with Gasteiger partial charge in [-0.3, -0.25) is 9.89 Å². The van der Waals surface area contributed by atoms with Crippen molar-refractivity contribution in [3.05, 3.63) is 96.1 Å². The van der Waals surface area contributed by atoms with Gasteiger partial charge in [0.2, 0.25) is 0 Å². The Labute approximate surface area is 207 Å². The highest BCUT2D eigenvalue weighted by atomic mass is 35.5. The third-order valence-corrected chi connectivity index (χ3v) is 6.60. The van der Waals surface area contributed by atoms with Crippen LogP contribution in [-0.2, 0) is 0 Å². The second kappa shape index (κ2) is 9.57. The van der Waals surface area contributed by atoms with Gasteiger partial charge in [0.05, 0.1) is 30.8 Å². The molecule has 0 aliphatic carbocycles. The summed E-state index contributed by atoms with van der Waals surface area (Å²) in [6.45, 7) is 0.